The van der Waals surface area contributed by atoms with Crippen molar-refractivity contribution in [3.8, 4) is 0 Å². The number of carbonyl (C=O) groups excluding carboxylic acids is 2. The molecule has 0 aliphatic carbocycles. The first-order valence-corrected chi connectivity index (χ1v) is 8.44. The highest BCUT2D eigenvalue weighted by atomic mass is 35.5. The summed E-state index contributed by atoms with van der Waals surface area (Å²) >= 11 is 5.91. The molecule has 1 amide bonds. The van der Waals surface area contributed by atoms with Gasteiger partial charge in [-0.3, -0.25) is 4.79 Å². The summed E-state index contributed by atoms with van der Waals surface area (Å²) in [5, 5.41) is 1.28. The summed E-state index contributed by atoms with van der Waals surface area (Å²) < 4.78 is 10.6. The lowest BCUT2D eigenvalue weighted by Crippen LogP contribution is -2.44. The second-order valence-electron chi connectivity index (χ2n) is 6.61. The van der Waals surface area contributed by atoms with Crippen molar-refractivity contribution in [1.29, 1.82) is 0 Å². The van der Waals surface area contributed by atoms with Gasteiger partial charge in [0.2, 0.25) is 5.76 Å². The highest BCUT2D eigenvalue weighted by Gasteiger charge is 2.26. The van der Waals surface area contributed by atoms with Gasteiger partial charge in [0.1, 0.15) is 5.58 Å². The van der Waals surface area contributed by atoms with Crippen molar-refractivity contribution in [2.45, 2.75) is 20.3 Å². The van der Waals surface area contributed by atoms with Crippen molar-refractivity contribution in [3.63, 3.8) is 0 Å². The first-order valence-electron chi connectivity index (χ1n) is 8.06. The molecule has 0 N–H and O–H groups in total. The average Bonchev–Trinajstić information content (AvgIpc) is 2.94. The van der Waals surface area contributed by atoms with E-state index in [1.54, 1.807) is 29.2 Å². The number of benzene rings is 1. The zero-order chi connectivity index (χ0) is 17.3. The second-order valence-corrected chi connectivity index (χ2v) is 7.05. The normalized spacial score (nSPS) is 21.0. The van der Waals surface area contributed by atoms with Gasteiger partial charge < -0.3 is 14.1 Å². The molecule has 0 spiro atoms. The number of piperidine rings is 1. The predicted octanol–water partition coefficient (Wildman–Crippen LogP) is 3.75. The monoisotopic (exact) mass is 349 g/mol. The molecule has 0 unspecified atom stereocenters. The zero-order valence-corrected chi connectivity index (χ0v) is 14.5. The number of rotatable bonds is 3. The van der Waals surface area contributed by atoms with E-state index < -0.39 is 5.97 Å². The Balaban J connectivity index is 1.60. The number of hydrogen-bond acceptors (Lipinski definition) is 4. The van der Waals surface area contributed by atoms with E-state index >= 15 is 0 Å². The van der Waals surface area contributed by atoms with Crippen molar-refractivity contribution >= 4 is 34.4 Å². The predicted molar refractivity (Wildman–Crippen MR) is 91.0 cm³/mol. The van der Waals surface area contributed by atoms with E-state index in [4.69, 9.17) is 20.8 Å². The minimum absolute atomic E-state index is 0.0699. The molecular weight excluding hydrogens is 330 g/mol. The van der Waals surface area contributed by atoms with Gasteiger partial charge in [-0.15, -0.1) is 0 Å². The van der Waals surface area contributed by atoms with Gasteiger partial charge in [-0.1, -0.05) is 25.4 Å². The topological polar surface area (TPSA) is 59.8 Å². The van der Waals surface area contributed by atoms with Gasteiger partial charge in [0.25, 0.3) is 5.91 Å². The van der Waals surface area contributed by atoms with Crippen LogP contribution in [0.3, 0.4) is 0 Å². The highest BCUT2D eigenvalue weighted by Crippen LogP contribution is 2.24. The molecule has 2 atom stereocenters. The van der Waals surface area contributed by atoms with Gasteiger partial charge >= 0.3 is 5.97 Å². The Hall–Kier alpha value is -2.01. The smallest absolute Gasteiger partial charge is 0.374 e. The van der Waals surface area contributed by atoms with Crippen molar-refractivity contribution in [2.24, 2.45) is 11.8 Å². The van der Waals surface area contributed by atoms with Crippen LogP contribution in [0.5, 0.6) is 0 Å². The van der Waals surface area contributed by atoms with E-state index in [9.17, 15) is 9.59 Å². The van der Waals surface area contributed by atoms with Crippen LogP contribution in [-0.4, -0.2) is 36.5 Å². The fourth-order valence-electron chi connectivity index (χ4n) is 3.27. The SMILES string of the molecule is C[C@@H]1C[C@@H](C)CN(C(=O)COC(=O)c2cc3cc(Cl)ccc3o2)C1. The second kappa shape index (κ2) is 6.85. The van der Waals surface area contributed by atoms with Crippen LogP contribution in [-0.2, 0) is 9.53 Å². The number of likely N-dealkylation sites (tertiary alicyclic amines) is 1. The van der Waals surface area contributed by atoms with Gasteiger partial charge in [-0.25, -0.2) is 4.79 Å². The number of halogens is 1. The third-order valence-electron chi connectivity index (χ3n) is 4.23. The van der Waals surface area contributed by atoms with Crippen LogP contribution in [0.2, 0.25) is 5.02 Å². The van der Waals surface area contributed by atoms with Crippen LogP contribution in [0.25, 0.3) is 11.0 Å². The van der Waals surface area contributed by atoms with Gasteiger partial charge in [0.15, 0.2) is 6.61 Å². The number of furan rings is 1. The Morgan fingerprint density at radius 1 is 1.25 bits per heavy atom. The highest BCUT2D eigenvalue weighted by molar-refractivity contribution is 6.31. The molecule has 3 rings (SSSR count). The zero-order valence-electron chi connectivity index (χ0n) is 13.8. The molecule has 1 saturated heterocycles. The summed E-state index contributed by atoms with van der Waals surface area (Å²) in [5.41, 5.74) is 0.552. The maximum atomic E-state index is 12.2. The Kier molecular flexibility index (Phi) is 4.81. The van der Waals surface area contributed by atoms with Crippen LogP contribution >= 0.6 is 11.6 Å². The van der Waals surface area contributed by atoms with Crippen LogP contribution in [0.15, 0.2) is 28.7 Å². The summed E-state index contributed by atoms with van der Waals surface area (Å²) in [6.45, 7) is 5.41. The summed E-state index contributed by atoms with van der Waals surface area (Å²) in [5.74, 6) is 0.192. The first-order chi connectivity index (χ1) is 11.4. The van der Waals surface area contributed by atoms with E-state index in [-0.39, 0.29) is 18.3 Å². The van der Waals surface area contributed by atoms with Gasteiger partial charge in [-0.2, -0.15) is 0 Å². The number of esters is 1. The minimum Gasteiger partial charge on any atom is -0.450 e. The van der Waals surface area contributed by atoms with Crippen LogP contribution in [0.1, 0.15) is 30.8 Å². The minimum atomic E-state index is -0.645. The van der Waals surface area contributed by atoms with Gasteiger partial charge in [0, 0.05) is 23.5 Å². The molecule has 2 heterocycles. The number of amides is 1. The Bertz CT molecular complexity index is 759. The summed E-state index contributed by atoms with van der Waals surface area (Å²) in [6, 6.07) is 6.65. The van der Waals surface area contributed by atoms with Gasteiger partial charge in [-0.05, 0) is 42.5 Å². The molecule has 6 heteroatoms. The lowest BCUT2D eigenvalue weighted by atomic mass is 9.92. The van der Waals surface area contributed by atoms with Crippen molar-refractivity contribution in [3.05, 3.63) is 35.0 Å². The third kappa shape index (κ3) is 3.73. The molecule has 0 radical (unpaired) electrons. The molecule has 128 valence electrons. The molecule has 0 saturated carbocycles. The molecule has 5 nitrogen and oxygen atoms in total. The summed E-state index contributed by atoms with van der Waals surface area (Å²) in [6.07, 6.45) is 1.12. The fraction of sp³-hybridized carbons (Fsp3) is 0.444. The molecular formula is C18H20ClNO4. The van der Waals surface area contributed by atoms with E-state index in [0.29, 0.717) is 35.5 Å². The van der Waals surface area contributed by atoms with E-state index in [1.165, 1.54) is 0 Å². The molecule has 1 fully saturated rings. The van der Waals surface area contributed by atoms with Crippen molar-refractivity contribution < 1.29 is 18.7 Å². The number of hydrogen-bond donors (Lipinski definition) is 0. The Morgan fingerprint density at radius 3 is 2.67 bits per heavy atom. The molecule has 2 aromatic rings. The van der Waals surface area contributed by atoms with E-state index in [2.05, 4.69) is 13.8 Å². The maximum Gasteiger partial charge on any atom is 0.374 e. The van der Waals surface area contributed by atoms with Crippen LogP contribution < -0.4 is 0 Å². The van der Waals surface area contributed by atoms with Crippen molar-refractivity contribution in [2.75, 3.05) is 19.7 Å². The average molecular weight is 350 g/mol. The quantitative estimate of drug-likeness (QED) is 0.792. The molecule has 1 aromatic heterocycles. The van der Waals surface area contributed by atoms with Gasteiger partial charge in [0.05, 0.1) is 0 Å². The van der Waals surface area contributed by atoms with Crippen LogP contribution in [0, 0.1) is 11.8 Å². The number of fused-ring (bicyclic) bond motifs is 1. The summed E-state index contributed by atoms with van der Waals surface area (Å²) in [4.78, 5) is 26.1. The lowest BCUT2D eigenvalue weighted by molar-refractivity contribution is -0.137. The van der Waals surface area contributed by atoms with E-state index in [0.717, 1.165) is 11.8 Å². The van der Waals surface area contributed by atoms with Crippen molar-refractivity contribution in [1.82, 2.24) is 4.90 Å². The largest absolute Gasteiger partial charge is 0.450 e. The summed E-state index contributed by atoms with van der Waals surface area (Å²) in [7, 11) is 0. The van der Waals surface area contributed by atoms with E-state index in [1.807, 2.05) is 0 Å². The molecule has 0 bridgehead atoms. The lowest BCUT2D eigenvalue weighted by Gasteiger charge is -2.34. The number of nitrogens with zero attached hydrogens (tertiary/aromatic N) is 1. The standard InChI is InChI=1S/C18H20ClNO4/c1-11-5-12(2)9-20(8-11)17(21)10-23-18(22)16-7-13-6-14(19)3-4-15(13)24-16/h3-4,6-7,11-12H,5,8-10H2,1-2H3/t11-,12-/m1/s1. The first kappa shape index (κ1) is 16.8. The number of carbonyl (C=O) groups is 2. The Morgan fingerprint density at radius 2 is 1.96 bits per heavy atom. The molecule has 1 aromatic carbocycles. The van der Waals surface area contributed by atoms with Crippen LogP contribution in [0.4, 0.5) is 0 Å². The molecule has 1 aliphatic heterocycles. The number of ether oxygens (including phenoxy) is 1. The molecule has 24 heavy (non-hydrogen) atoms. The fourth-order valence-corrected chi connectivity index (χ4v) is 3.45. The Labute approximate surface area is 145 Å². The third-order valence-corrected chi connectivity index (χ3v) is 4.46. The maximum absolute atomic E-state index is 12.2. The molecule has 1 aliphatic rings.